The number of rotatable bonds is 6. The van der Waals surface area contributed by atoms with Crippen molar-refractivity contribution in [3.63, 3.8) is 0 Å². The molecule has 0 saturated heterocycles. The first-order valence-corrected chi connectivity index (χ1v) is 8.15. The number of thiazole rings is 1. The molecule has 0 bridgehead atoms. The van der Waals surface area contributed by atoms with Crippen molar-refractivity contribution >= 4 is 21.2 Å². The molecule has 1 aromatic rings. The molecule has 92 valence electrons. The Morgan fingerprint density at radius 3 is 2.75 bits per heavy atom. The number of nitrogens with one attached hydrogen (secondary N) is 1. The van der Waals surface area contributed by atoms with Crippen molar-refractivity contribution in [2.24, 2.45) is 0 Å². The van der Waals surface area contributed by atoms with Crippen LogP contribution in [0, 0.1) is 0 Å². The van der Waals surface area contributed by atoms with E-state index in [1.165, 1.54) is 11.1 Å². The lowest BCUT2D eigenvalue weighted by atomic mass is 10.3. The van der Waals surface area contributed by atoms with E-state index in [9.17, 15) is 8.42 Å². The van der Waals surface area contributed by atoms with E-state index >= 15 is 0 Å². The zero-order valence-corrected chi connectivity index (χ0v) is 11.5. The third-order valence-corrected chi connectivity index (χ3v) is 4.48. The smallest absolute Gasteiger partial charge is 0.148 e. The fraction of sp³-hybridized carbons (Fsp3) is 0.700. The molecular weight excluding hydrogens is 244 g/mol. The van der Waals surface area contributed by atoms with Crippen LogP contribution in [-0.4, -0.2) is 32.0 Å². The van der Waals surface area contributed by atoms with Crippen LogP contribution in [-0.2, 0) is 16.3 Å². The summed E-state index contributed by atoms with van der Waals surface area (Å²) in [5, 5.41) is 4.18. The van der Waals surface area contributed by atoms with Crippen molar-refractivity contribution in [3.8, 4) is 0 Å². The van der Waals surface area contributed by atoms with Crippen LogP contribution in [0.15, 0.2) is 6.20 Å². The Labute approximate surface area is 101 Å². The minimum atomic E-state index is -2.88. The van der Waals surface area contributed by atoms with Gasteiger partial charge in [-0.25, -0.2) is 13.4 Å². The number of hydrogen-bond donors (Lipinski definition) is 1. The highest BCUT2D eigenvalue weighted by Crippen LogP contribution is 2.19. The monoisotopic (exact) mass is 262 g/mol. The third kappa shape index (κ3) is 4.59. The SMILES string of the molecule is CCc1cnc(C(C)NCCS(C)(=O)=O)s1. The average molecular weight is 262 g/mol. The van der Waals surface area contributed by atoms with Crippen molar-refractivity contribution in [2.75, 3.05) is 18.6 Å². The predicted molar refractivity (Wildman–Crippen MR) is 67.6 cm³/mol. The molecule has 0 fully saturated rings. The lowest BCUT2D eigenvalue weighted by molar-refractivity contribution is 0.574. The van der Waals surface area contributed by atoms with Gasteiger partial charge in [-0.3, -0.25) is 0 Å². The molecule has 0 spiro atoms. The Hall–Kier alpha value is -0.460. The summed E-state index contributed by atoms with van der Waals surface area (Å²) in [5.41, 5.74) is 0. The highest BCUT2D eigenvalue weighted by atomic mass is 32.2. The topological polar surface area (TPSA) is 59.1 Å². The molecule has 1 rings (SSSR count). The molecule has 1 aromatic heterocycles. The summed E-state index contributed by atoms with van der Waals surface area (Å²) in [6.07, 6.45) is 4.13. The van der Waals surface area contributed by atoms with E-state index in [1.54, 1.807) is 11.3 Å². The lowest BCUT2D eigenvalue weighted by Gasteiger charge is -2.09. The van der Waals surface area contributed by atoms with E-state index in [1.807, 2.05) is 13.1 Å². The van der Waals surface area contributed by atoms with Gasteiger partial charge in [0.1, 0.15) is 14.8 Å². The van der Waals surface area contributed by atoms with E-state index in [0.29, 0.717) is 6.54 Å². The van der Waals surface area contributed by atoms with Gasteiger partial charge in [0.05, 0.1) is 11.8 Å². The van der Waals surface area contributed by atoms with Gasteiger partial charge < -0.3 is 5.32 Å². The fourth-order valence-electron chi connectivity index (χ4n) is 1.23. The lowest BCUT2D eigenvalue weighted by Crippen LogP contribution is -2.25. The molecule has 1 atom stereocenters. The van der Waals surface area contributed by atoms with Gasteiger partial charge in [-0.1, -0.05) is 6.92 Å². The van der Waals surface area contributed by atoms with Gasteiger partial charge in [-0.05, 0) is 13.3 Å². The summed E-state index contributed by atoms with van der Waals surface area (Å²) in [6.45, 7) is 4.57. The Balaban J connectivity index is 2.43. The van der Waals surface area contributed by atoms with Gasteiger partial charge in [-0.2, -0.15) is 0 Å². The van der Waals surface area contributed by atoms with E-state index in [-0.39, 0.29) is 11.8 Å². The zero-order valence-electron chi connectivity index (χ0n) is 9.86. The average Bonchev–Trinajstić information content (AvgIpc) is 2.63. The molecule has 0 aromatic carbocycles. The molecule has 16 heavy (non-hydrogen) atoms. The van der Waals surface area contributed by atoms with Gasteiger partial charge in [0, 0.05) is 23.9 Å². The standard InChI is InChI=1S/C10H18N2O2S2/c1-4-9-7-12-10(15-9)8(2)11-5-6-16(3,13)14/h7-8,11H,4-6H2,1-3H3. The van der Waals surface area contributed by atoms with Crippen molar-refractivity contribution < 1.29 is 8.42 Å². The van der Waals surface area contributed by atoms with Crippen LogP contribution in [0.25, 0.3) is 0 Å². The number of nitrogens with zero attached hydrogens (tertiary/aromatic N) is 1. The van der Waals surface area contributed by atoms with E-state index in [2.05, 4.69) is 17.2 Å². The van der Waals surface area contributed by atoms with Crippen molar-refractivity contribution in [1.29, 1.82) is 0 Å². The van der Waals surface area contributed by atoms with Gasteiger partial charge in [0.15, 0.2) is 0 Å². The molecule has 6 heteroatoms. The first-order valence-electron chi connectivity index (χ1n) is 5.28. The van der Waals surface area contributed by atoms with E-state index in [4.69, 9.17) is 0 Å². The number of hydrogen-bond acceptors (Lipinski definition) is 5. The second-order valence-electron chi connectivity index (χ2n) is 3.82. The molecule has 0 aliphatic heterocycles. The Morgan fingerprint density at radius 1 is 1.56 bits per heavy atom. The molecule has 4 nitrogen and oxygen atoms in total. The summed E-state index contributed by atoms with van der Waals surface area (Å²) in [6, 6.07) is 0.118. The number of aromatic nitrogens is 1. The molecule has 0 amide bonds. The second kappa shape index (κ2) is 5.75. The molecule has 1 heterocycles. The quantitative estimate of drug-likeness (QED) is 0.842. The minimum absolute atomic E-state index is 0.118. The zero-order chi connectivity index (χ0) is 12.2. The molecule has 0 aliphatic rings. The van der Waals surface area contributed by atoms with Crippen molar-refractivity contribution in [1.82, 2.24) is 10.3 Å². The van der Waals surface area contributed by atoms with Crippen molar-refractivity contribution in [2.45, 2.75) is 26.3 Å². The van der Waals surface area contributed by atoms with Crippen LogP contribution < -0.4 is 5.32 Å². The molecule has 1 unspecified atom stereocenters. The Morgan fingerprint density at radius 2 is 2.25 bits per heavy atom. The van der Waals surface area contributed by atoms with E-state index in [0.717, 1.165) is 11.4 Å². The summed E-state index contributed by atoms with van der Waals surface area (Å²) in [5.74, 6) is 0.170. The summed E-state index contributed by atoms with van der Waals surface area (Å²) in [4.78, 5) is 5.56. The van der Waals surface area contributed by atoms with Crippen LogP contribution in [0.2, 0.25) is 0 Å². The molecule has 0 radical (unpaired) electrons. The molecular formula is C10H18N2O2S2. The summed E-state index contributed by atoms with van der Waals surface area (Å²) >= 11 is 1.68. The number of aryl methyl sites for hydroxylation is 1. The largest absolute Gasteiger partial charge is 0.307 e. The first-order chi connectivity index (χ1) is 7.42. The second-order valence-corrected chi connectivity index (χ2v) is 7.23. The molecule has 0 aliphatic carbocycles. The minimum Gasteiger partial charge on any atom is -0.307 e. The number of sulfone groups is 1. The predicted octanol–water partition coefficient (Wildman–Crippen LogP) is 1.40. The summed E-state index contributed by atoms with van der Waals surface area (Å²) < 4.78 is 21.9. The highest BCUT2D eigenvalue weighted by molar-refractivity contribution is 7.90. The van der Waals surface area contributed by atoms with Crippen LogP contribution in [0.4, 0.5) is 0 Å². The van der Waals surface area contributed by atoms with Gasteiger partial charge in [0.2, 0.25) is 0 Å². The third-order valence-electron chi connectivity index (χ3n) is 2.21. The molecule has 1 N–H and O–H groups in total. The maximum absolute atomic E-state index is 10.9. The Kier molecular flexibility index (Phi) is 4.89. The van der Waals surface area contributed by atoms with Gasteiger partial charge in [0.25, 0.3) is 0 Å². The van der Waals surface area contributed by atoms with Crippen molar-refractivity contribution in [3.05, 3.63) is 16.1 Å². The van der Waals surface area contributed by atoms with Gasteiger partial charge in [-0.15, -0.1) is 11.3 Å². The van der Waals surface area contributed by atoms with Crippen LogP contribution in [0.5, 0.6) is 0 Å². The highest BCUT2D eigenvalue weighted by Gasteiger charge is 2.10. The van der Waals surface area contributed by atoms with E-state index < -0.39 is 9.84 Å². The van der Waals surface area contributed by atoms with Gasteiger partial charge >= 0.3 is 0 Å². The Bertz CT molecular complexity index is 426. The first kappa shape index (κ1) is 13.6. The normalized spacial score (nSPS) is 13.9. The fourth-order valence-corrected chi connectivity index (χ4v) is 2.61. The molecule has 0 saturated carbocycles. The van der Waals surface area contributed by atoms with Crippen LogP contribution >= 0.6 is 11.3 Å². The summed E-state index contributed by atoms with van der Waals surface area (Å²) in [7, 11) is -2.88. The maximum atomic E-state index is 10.9. The maximum Gasteiger partial charge on any atom is 0.148 e. The van der Waals surface area contributed by atoms with Crippen LogP contribution in [0.3, 0.4) is 0 Å². The van der Waals surface area contributed by atoms with Crippen LogP contribution in [0.1, 0.15) is 29.8 Å².